The minimum Gasteiger partial charge on any atom is -0.619 e. The van der Waals surface area contributed by atoms with Gasteiger partial charge in [0.25, 0.3) is 0 Å². The standard InChI is InChI=1S/C10H8N2O2.C8H4I3NO4.H2O/c13-11-5-1-9(2-6-11)10-3-7-12(14)8-4-10;9-3-1(7(13)14)4(10)6(12)5(11)2(3)8(15)16;/h1-8H;12H2,(H,13,14)(H,15,16);1H2. The highest BCUT2D eigenvalue weighted by Crippen LogP contribution is 2.33. The van der Waals surface area contributed by atoms with Crippen LogP contribution in [-0.4, -0.2) is 27.6 Å². The third kappa shape index (κ3) is 6.50. The van der Waals surface area contributed by atoms with Crippen molar-refractivity contribution in [3.63, 3.8) is 0 Å². The van der Waals surface area contributed by atoms with Crippen molar-refractivity contribution in [1.82, 2.24) is 0 Å². The molecule has 0 amide bonds. The van der Waals surface area contributed by atoms with E-state index in [2.05, 4.69) is 0 Å². The first-order chi connectivity index (χ1) is 14.0. The van der Waals surface area contributed by atoms with Gasteiger partial charge in [0.05, 0.1) is 24.0 Å². The number of benzene rings is 1. The molecule has 2 aromatic heterocycles. The van der Waals surface area contributed by atoms with E-state index in [1.165, 1.54) is 24.8 Å². The molecule has 2 heterocycles. The van der Waals surface area contributed by atoms with Crippen LogP contribution in [0.3, 0.4) is 0 Å². The Bertz CT molecular complexity index is 1020. The normalized spacial score (nSPS) is 9.77. The van der Waals surface area contributed by atoms with Crippen molar-refractivity contribution in [3.8, 4) is 11.1 Å². The smallest absolute Gasteiger partial charge is 0.337 e. The summed E-state index contributed by atoms with van der Waals surface area (Å²) in [5, 5.41) is 39.6. The molecule has 0 aliphatic heterocycles. The van der Waals surface area contributed by atoms with E-state index >= 15 is 0 Å². The van der Waals surface area contributed by atoms with E-state index in [9.17, 15) is 20.0 Å². The average Bonchev–Trinajstić information content (AvgIpc) is 2.68. The van der Waals surface area contributed by atoms with Gasteiger partial charge >= 0.3 is 11.9 Å². The Labute approximate surface area is 216 Å². The number of nitrogens with zero attached hydrogens (tertiary/aromatic N) is 2. The molecule has 0 saturated heterocycles. The van der Waals surface area contributed by atoms with Crippen LogP contribution in [0.25, 0.3) is 11.1 Å². The monoisotopic (exact) mass is 765 g/mol. The minimum absolute atomic E-state index is 0. The van der Waals surface area contributed by atoms with Gasteiger partial charge in [0, 0.05) is 27.8 Å². The fraction of sp³-hybridized carbons (Fsp3) is 0. The quantitative estimate of drug-likeness (QED) is 0.158. The molecule has 3 rings (SSSR count). The van der Waals surface area contributed by atoms with Crippen LogP contribution in [0.1, 0.15) is 20.7 Å². The van der Waals surface area contributed by atoms with E-state index in [1.807, 2.05) is 0 Å². The molecule has 0 aliphatic rings. The molecule has 1 aromatic carbocycles. The maximum Gasteiger partial charge on any atom is 0.337 e. The number of aromatic nitrogens is 2. The number of hydrogen-bond acceptors (Lipinski definition) is 5. The van der Waals surface area contributed by atoms with Crippen LogP contribution in [-0.2, 0) is 0 Å². The molecule has 0 aliphatic carbocycles. The van der Waals surface area contributed by atoms with Gasteiger partial charge in [-0.05, 0) is 78.9 Å². The second-order valence-electron chi connectivity index (χ2n) is 5.61. The molecule has 6 N–H and O–H groups in total. The zero-order chi connectivity index (χ0) is 22.6. The van der Waals surface area contributed by atoms with Crippen molar-refractivity contribution in [2.45, 2.75) is 0 Å². The Morgan fingerprint density at radius 2 is 1.03 bits per heavy atom. The number of carbonyl (C=O) groups is 2. The van der Waals surface area contributed by atoms with Crippen molar-refractivity contribution in [3.05, 3.63) is 81.3 Å². The molecule has 31 heavy (non-hydrogen) atoms. The predicted octanol–water partition coefficient (Wildman–Crippen LogP) is 2.27. The molecular weight excluding hydrogens is 751 g/mol. The Morgan fingerprint density at radius 1 is 0.742 bits per heavy atom. The van der Waals surface area contributed by atoms with Crippen LogP contribution in [0.2, 0.25) is 0 Å². The van der Waals surface area contributed by atoms with Gasteiger partial charge in [-0.1, -0.05) is 0 Å². The molecule has 0 unspecified atom stereocenters. The fourth-order valence-corrected chi connectivity index (χ4v) is 6.36. The lowest BCUT2D eigenvalue weighted by molar-refractivity contribution is -0.605. The second-order valence-corrected chi connectivity index (χ2v) is 8.85. The maximum absolute atomic E-state index is 11.0. The number of pyridine rings is 2. The topological polar surface area (TPSA) is 186 Å². The third-order valence-electron chi connectivity index (χ3n) is 3.72. The van der Waals surface area contributed by atoms with E-state index in [0.717, 1.165) is 20.6 Å². The molecule has 10 nitrogen and oxygen atoms in total. The number of rotatable bonds is 3. The summed E-state index contributed by atoms with van der Waals surface area (Å²) < 4.78 is 2.37. The largest absolute Gasteiger partial charge is 0.619 e. The van der Waals surface area contributed by atoms with Crippen molar-refractivity contribution in [2.75, 3.05) is 5.73 Å². The van der Waals surface area contributed by atoms with Gasteiger partial charge in [0.1, 0.15) is 0 Å². The molecule has 0 radical (unpaired) electrons. The summed E-state index contributed by atoms with van der Waals surface area (Å²) in [5.74, 6) is -2.36. The number of halogens is 3. The molecular formula is C18H14I3N3O7. The molecule has 0 spiro atoms. The van der Waals surface area contributed by atoms with Gasteiger partial charge in [0.15, 0.2) is 24.8 Å². The van der Waals surface area contributed by atoms with Crippen molar-refractivity contribution >= 4 is 85.4 Å². The number of aromatic carboxylic acids is 2. The first-order valence-electron chi connectivity index (χ1n) is 7.85. The summed E-state index contributed by atoms with van der Waals surface area (Å²) >= 11 is 5.32. The zero-order valence-corrected chi connectivity index (χ0v) is 21.7. The molecule has 3 aromatic rings. The number of carboxylic acid groups (broad SMARTS) is 2. The van der Waals surface area contributed by atoms with Gasteiger partial charge in [-0.15, -0.1) is 0 Å². The highest BCUT2D eigenvalue weighted by Gasteiger charge is 2.26. The number of nitrogen functional groups attached to an aromatic ring is 1. The van der Waals surface area contributed by atoms with Crippen molar-refractivity contribution in [2.24, 2.45) is 0 Å². The molecule has 0 saturated carbocycles. The highest BCUT2D eigenvalue weighted by atomic mass is 127. The summed E-state index contributed by atoms with van der Waals surface area (Å²) in [6.45, 7) is 0. The molecule has 0 fully saturated rings. The van der Waals surface area contributed by atoms with E-state index in [1.54, 1.807) is 92.0 Å². The first kappa shape index (κ1) is 27.0. The lowest BCUT2D eigenvalue weighted by atomic mass is 10.1. The third-order valence-corrected chi connectivity index (χ3v) is 7.04. The van der Waals surface area contributed by atoms with Crippen molar-refractivity contribution in [1.29, 1.82) is 0 Å². The van der Waals surface area contributed by atoms with Crippen LogP contribution in [0.4, 0.5) is 5.69 Å². The molecule has 0 bridgehead atoms. The van der Waals surface area contributed by atoms with Crippen LogP contribution >= 0.6 is 67.8 Å². The van der Waals surface area contributed by atoms with Gasteiger partial charge in [0.2, 0.25) is 0 Å². The van der Waals surface area contributed by atoms with Gasteiger partial charge in [-0.25, -0.2) is 9.59 Å². The summed E-state index contributed by atoms with van der Waals surface area (Å²) in [6, 6.07) is 6.82. The number of nitrogens with two attached hydrogens (primary N) is 1. The number of anilines is 1. The van der Waals surface area contributed by atoms with E-state index < -0.39 is 11.9 Å². The number of hydrogen-bond donors (Lipinski definition) is 3. The van der Waals surface area contributed by atoms with E-state index in [0.29, 0.717) is 7.14 Å². The lowest BCUT2D eigenvalue weighted by Crippen LogP contribution is -2.24. The first-order valence-corrected chi connectivity index (χ1v) is 11.1. The molecule has 164 valence electrons. The Hall–Kier alpha value is -1.99. The minimum atomic E-state index is -1.18. The van der Waals surface area contributed by atoms with Crippen LogP contribution in [0.15, 0.2) is 49.1 Å². The molecule has 0 atom stereocenters. The van der Waals surface area contributed by atoms with Crippen LogP contribution in [0, 0.1) is 21.1 Å². The van der Waals surface area contributed by atoms with E-state index in [4.69, 9.17) is 15.9 Å². The summed E-state index contributed by atoms with van der Waals surface area (Å²) in [7, 11) is 0. The number of carboxylic acids is 2. The highest BCUT2D eigenvalue weighted by molar-refractivity contribution is 14.1. The van der Waals surface area contributed by atoms with Gasteiger partial charge in [-0.3, -0.25) is 0 Å². The van der Waals surface area contributed by atoms with Crippen LogP contribution < -0.4 is 15.2 Å². The van der Waals surface area contributed by atoms with Gasteiger partial charge < -0.3 is 31.8 Å². The van der Waals surface area contributed by atoms with Crippen LogP contribution in [0.5, 0.6) is 0 Å². The summed E-state index contributed by atoms with van der Waals surface area (Å²) in [4.78, 5) is 22.0. The van der Waals surface area contributed by atoms with Gasteiger partial charge in [-0.2, -0.15) is 9.46 Å². The molecule has 13 heteroatoms. The maximum atomic E-state index is 11.0. The zero-order valence-electron chi connectivity index (χ0n) is 15.3. The SMILES string of the molecule is Nc1c(I)c(C(=O)O)c(I)c(C(=O)O)c1I.O.[O-][n+]1ccc(-c2cc[n+]([O-])cc2)cc1. The second kappa shape index (κ2) is 11.6. The Balaban J connectivity index is 0.000000302. The predicted molar refractivity (Wildman–Crippen MR) is 136 cm³/mol. The summed E-state index contributed by atoms with van der Waals surface area (Å²) in [6.07, 6.45) is 5.70. The fourth-order valence-electron chi connectivity index (χ4n) is 2.27. The Kier molecular flexibility index (Phi) is 10.1. The lowest BCUT2D eigenvalue weighted by Gasteiger charge is -2.12. The summed E-state index contributed by atoms with van der Waals surface area (Å²) in [5.41, 5.74) is 7.59. The average molecular weight is 765 g/mol. The Morgan fingerprint density at radius 3 is 1.29 bits per heavy atom. The van der Waals surface area contributed by atoms with Crippen molar-refractivity contribution < 1.29 is 34.7 Å². The van der Waals surface area contributed by atoms with E-state index in [-0.39, 0.29) is 25.9 Å².